The smallest absolute Gasteiger partial charge is 0.343 e. The van der Waals surface area contributed by atoms with Crippen LogP contribution < -0.4 is 19.9 Å². The molecule has 2 aromatic rings. The van der Waals surface area contributed by atoms with Crippen molar-refractivity contribution in [3.8, 4) is 23.3 Å². The molecule has 0 atom stereocenters. The van der Waals surface area contributed by atoms with Gasteiger partial charge in [0.15, 0.2) is 11.5 Å². The zero-order chi connectivity index (χ0) is 19.1. The average Bonchev–Trinajstić information content (AvgIpc) is 2.66. The van der Waals surface area contributed by atoms with Gasteiger partial charge in [-0.05, 0) is 48.0 Å². The molecule has 0 radical (unpaired) electrons. The molecule has 2 N–H and O–H groups in total. The summed E-state index contributed by atoms with van der Waals surface area (Å²) in [7, 11) is 2.94. The Hall–Kier alpha value is -3.79. The van der Waals surface area contributed by atoms with E-state index in [1.54, 1.807) is 36.4 Å². The van der Waals surface area contributed by atoms with Gasteiger partial charge in [0.25, 0.3) is 5.91 Å². The fourth-order valence-corrected chi connectivity index (χ4v) is 2.07. The second-order valence-electron chi connectivity index (χ2n) is 5.06. The van der Waals surface area contributed by atoms with Gasteiger partial charge in [0.1, 0.15) is 17.4 Å². The predicted octanol–water partition coefficient (Wildman–Crippen LogP) is 2.32. The standard InChI is InChI=1S/C19H16N2O5/c1-24-15-6-4-13(5-7-15)19(23)26-16-8-3-12(10-17(16)25-2)9-14(11-20)18(21)22/h3-10H,1-2H3,(H2,21,22). The summed E-state index contributed by atoms with van der Waals surface area (Å²) in [6.45, 7) is 0. The summed E-state index contributed by atoms with van der Waals surface area (Å²) in [6.07, 6.45) is 1.32. The van der Waals surface area contributed by atoms with Crippen LogP contribution >= 0.6 is 0 Å². The highest BCUT2D eigenvalue weighted by atomic mass is 16.6. The van der Waals surface area contributed by atoms with E-state index in [0.29, 0.717) is 16.9 Å². The van der Waals surface area contributed by atoms with Crippen molar-refractivity contribution >= 4 is 18.0 Å². The van der Waals surface area contributed by atoms with Gasteiger partial charge in [-0.1, -0.05) is 6.07 Å². The summed E-state index contributed by atoms with van der Waals surface area (Å²) >= 11 is 0. The van der Waals surface area contributed by atoms with E-state index in [1.807, 2.05) is 0 Å². The van der Waals surface area contributed by atoms with Crippen LogP contribution in [0.15, 0.2) is 48.0 Å². The first-order valence-electron chi connectivity index (χ1n) is 7.44. The van der Waals surface area contributed by atoms with Gasteiger partial charge in [0.05, 0.1) is 19.8 Å². The molecule has 0 spiro atoms. The van der Waals surface area contributed by atoms with E-state index < -0.39 is 11.9 Å². The Balaban J connectivity index is 2.25. The number of carbonyl (C=O) groups is 2. The minimum Gasteiger partial charge on any atom is -0.497 e. The minimum absolute atomic E-state index is 0.197. The second-order valence-corrected chi connectivity index (χ2v) is 5.06. The number of ether oxygens (including phenoxy) is 3. The highest BCUT2D eigenvalue weighted by Crippen LogP contribution is 2.29. The summed E-state index contributed by atoms with van der Waals surface area (Å²) in [6, 6.07) is 12.8. The van der Waals surface area contributed by atoms with Crippen LogP contribution in [0.5, 0.6) is 17.2 Å². The molecule has 2 rings (SSSR count). The summed E-state index contributed by atoms with van der Waals surface area (Å²) in [5, 5.41) is 8.89. The third-order valence-electron chi connectivity index (χ3n) is 3.41. The lowest BCUT2D eigenvalue weighted by atomic mass is 10.1. The topological polar surface area (TPSA) is 112 Å². The van der Waals surface area contributed by atoms with Crippen LogP contribution in [-0.2, 0) is 4.79 Å². The molecule has 0 heterocycles. The van der Waals surface area contributed by atoms with E-state index in [4.69, 9.17) is 25.2 Å². The van der Waals surface area contributed by atoms with Gasteiger partial charge in [-0.3, -0.25) is 4.79 Å². The Morgan fingerprint density at radius 3 is 2.27 bits per heavy atom. The van der Waals surface area contributed by atoms with Crippen molar-refractivity contribution in [2.45, 2.75) is 0 Å². The lowest BCUT2D eigenvalue weighted by Gasteiger charge is -2.10. The van der Waals surface area contributed by atoms with Crippen molar-refractivity contribution in [3.05, 3.63) is 59.2 Å². The number of hydrogen-bond donors (Lipinski definition) is 1. The third kappa shape index (κ3) is 4.39. The number of nitrogens with two attached hydrogens (primary N) is 1. The molecule has 0 fully saturated rings. The van der Waals surface area contributed by atoms with Gasteiger partial charge < -0.3 is 19.9 Å². The van der Waals surface area contributed by atoms with Crippen LogP contribution in [0.4, 0.5) is 0 Å². The number of primary amides is 1. The molecule has 0 aliphatic heterocycles. The maximum absolute atomic E-state index is 12.2. The monoisotopic (exact) mass is 352 g/mol. The van der Waals surface area contributed by atoms with Gasteiger partial charge in [-0.15, -0.1) is 0 Å². The summed E-state index contributed by atoms with van der Waals surface area (Å²) in [5.41, 5.74) is 5.75. The third-order valence-corrected chi connectivity index (χ3v) is 3.41. The summed E-state index contributed by atoms with van der Waals surface area (Å²) in [4.78, 5) is 23.4. The Morgan fingerprint density at radius 2 is 1.73 bits per heavy atom. The Labute approximate surface area is 150 Å². The van der Waals surface area contributed by atoms with Crippen molar-refractivity contribution < 1.29 is 23.8 Å². The first-order chi connectivity index (χ1) is 12.5. The molecular formula is C19H16N2O5. The Kier molecular flexibility index (Phi) is 5.96. The van der Waals surface area contributed by atoms with Gasteiger partial charge in [-0.25, -0.2) is 4.79 Å². The Bertz CT molecular complexity index is 895. The summed E-state index contributed by atoms with van der Waals surface area (Å²) in [5.74, 6) is -0.311. The van der Waals surface area contributed by atoms with Crippen molar-refractivity contribution in [2.24, 2.45) is 5.73 Å². The van der Waals surface area contributed by atoms with E-state index in [2.05, 4.69) is 0 Å². The second kappa shape index (κ2) is 8.35. The van der Waals surface area contributed by atoms with Crippen molar-refractivity contribution in [2.75, 3.05) is 14.2 Å². The molecule has 7 heteroatoms. The van der Waals surface area contributed by atoms with E-state index in [9.17, 15) is 9.59 Å². The number of carbonyl (C=O) groups excluding carboxylic acids is 2. The maximum atomic E-state index is 12.2. The minimum atomic E-state index is -0.832. The van der Waals surface area contributed by atoms with Gasteiger partial charge in [0, 0.05) is 0 Å². The van der Waals surface area contributed by atoms with Crippen LogP contribution in [-0.4, -0.2) is 26.1 Å². The van der Waals surface area contributed by atoms with Gasteiger partial charge in [0.2, 0.25) is 0 Å². The number of benzene rings is 2. The largest absolute Gasteiger partial charge is 0.497 e. The number of nitrogens with zero attached hydrogens (tertiary/aromatic N) is 1. The molecule has 0 saturated carbocycles. The molecule has 0 aliphatic rings. The van der Waals surface area contributed by atoms with E-state index in [0.717, 1.165) is 0 Å². The number of rotatable bonds is 6. The van der Waals surface area contributed by atoms with E-state index in [1.165, 1.54) is 32.4 Å². The van der Waals surface area contributed by atoms with E-state index >= 15 is 0 Å². The van der Waals surface area contributed by atoms with Crippen LogP contribution in [0.3, 0.4) is 0 Å². The number of hydrogen-bond acceptors (Lipinski definition) is 6. The molecule has 0 aromatic heterocycles. The fraction of sp³-hybridized carbons (Fsp3) is 0.105. The van der Waals surface area contributed by atoms with E-state index in [-0.39, 0.29) is 17.1 Å². The van der Waals surface area contributed by atoms with Crippen LogP contribution in [0.2, 0.25) is 0 Å². The maximum Gasteiger partial charge on any atom is 0.343 e. The SMILES string of the molecule is COc1ccc(C(=O)Oc2ccc(C=C(C#N)C(N)=O)cc2OC)cc1. The lowest BCUT2D eigenvalue weighted by Crippen LogP contribution is -2.12. The predicted molar refractivity (Wildman–Crippen MR) is 93.7 cm³/mol. The zero-order valence-electron chi connectivity index (χ0n) is 14.2. The molecule has 7 nitrogen and oxygen atoms in total. The highest BCUT2D eigenvalue weighted by molar-refractivity contribution is 6.00. The molecule has 1 amide bonds. The van der Waals surface area contributed by atoms with Crippen LogP contribution in [0.1, 0.15) is 15.9 Å². The molecular weight excluding hydrogens is 336 g/mol. The van der Waals surface area contributed by atoms with Crippen molar-refractivity contribution in [1.82, 2.24) is 0 Å². The quantitative estimate of drug-likeness (QED) is 0.369. The molecule has 0 saturated heterocycles. The molecule has 26 heavy (non-hydrogen) atoms. The molecule has 0 unspecified atom stereocenters. The van der Waals surface area contributed by atoms with Crippen molar-refractivity contribution in [1.29, 1.82) is 5.26 Å². The highest BCUT2D eigenvalue weighted by Gasteiger charge is 2.13. The zero-order valence-corrected chi connectivity index (χ0v) is 14.2. The number of methoxy groups -OCH3 is 2. The first-order valence-corrected chi connectivity index (χ1v) is 7.44. The molecule has 0 aliphatic carbocycles. The first kappa shape index (κ1) is 18.5. The van der Waals surface area contributed by atoms with Crippen molar-refractivity contribution in [3.63, 3.8) is 0 Å². The van der Waals surface area contributed by atoms with Crippen LogP contribution in [0, 0.1) is 11.3 Å². The van der Waals surface area contributed by atoms with Gasteiger partial charge >= 0.3 is 5.97 Å². The normalized spacial score (nSPS) is 10.6. The Morgan fingerprint density at radius 1 is 1.04 bits per heavy atom. The molecule has 132 valence electrons. The lowest BCUT2D eigenvalue weighted by molar-refractivity contribution is -0.114. The number of esters is 1. The fourth-order valence-electron chi connectivity index (χ4n) is 2.07. The van der Waals surface area contributed by atoms with Crippen LogP contribution in [0.25, 0.3) is 6.08 Å². The molecule has 2 aromatic carbocycles. The number of amides is 1. The number of nitriles is 1. The van der Waals surface area contributed by atoms with Gasteiger partial charge in [-0.2, -0.15) is 5.26 Å². The molecule has 0 bridgehead atoms. The summed E-state index contributed by atoms with van der Waals surface area (Å²) < 4.78 is 15.6. The average molecular weight is 352 g/mol.